The van der Waals surface area contributed by atoms with Gasteiger partial charge in [-0.05, 0) is 68.6 Å². The summed E-state index contributed by atoms with van der Waals surface area (Å²) >= 11 is 0. The summed E-state index contributed by atoms with van der Waals surface area (Å²) < 4.78 is 5.34. The molecule has 0 radical (unpaired) electrons. The average Bonchev–Trinajstić information content (AvgIpc) is 2.71. The number of methoxy groups -OCH3 is 1. The predicted molar refractivity (Wildman–Crippen MR) is 118 cm³/mol. The Hall–Kier alpha value is -2.32. The summed E-state index contributed by atoms with van der Waals surface area (Å²) in [6, 6.07) is 17.1. The van der Waals surface area contributed by atoms with Gasteiger partial charge >= 0.3 is 0 Å². The number of hydrogen-bond donors (Lipinski definition) is 2. The lowest BCUT2D eigenvalue weighted by molar-refractivity contribution is 0.143. The summed E-state index contributed by atoms with van der Waals surface area (Å²) in [5, 5.41) is 13.4. The fraction of sp³-hybridized carbons (Fsp3) is 0.440. The van der Waals surface area contributed by atoms with Crippen molar-refractivity contribution in [3.8, 4) is 17.6 Å². The van der Waals surface area contributed by atoms with Crippen LogP contribution in [0.15, 0.2) is 48.5 Å². The lowest BCUT2D eigenvalue weighted by atomic mass is 10.0. The van der Waals surface area contributed by atoms with Crippen molar-refractivity contribution < 1.29 is 9.84 Å². The highest BCUT2D eigenvalue weighted by Crippen LogP contribution is 2.18. The molecule has 0 unspecified atom stereocenters. The van der Waals surface area contributed by atoms with E-state index in [0.717, 1.165) is 37.5 Å². The first kappa shape index (κ1) is 21.4. The van der Waals surface area contributed by atoms with E-state index >= 15 is 0 Å². The molecular formula is C25H32N2O2. The molecule has 0 amide bonds. The van der Waals surface area contributed by atoms with Crippen molar-refractivity contribution in [3.63, 3.8) is 0 Å². The van der Waals surface area contributed by atoms with Crippen LogP contribution in [0, 0.1) is 11.8 Å². The molecule has 1 saturated heterocycles. The summed E-state index contributed by atoms with van der Waals surface area (Å²) in [6.07, 6.45) is 2.43. The smallest absolute Gasteiger partial charge is 0.120 e. The second-order valence-electron chi connectivity index (χ2n) is 8.31. The molecule has 1 fully saturated rings. The van der Waals surface area contributed by atoms with Crippen LogP contribution in [0.3, 0.4) is 0 Å². The van der Waals surface area contributed by atoms with E-state index in [9.17, 15) is 5.11 Å². The van der Waals surface area contributed by atoms with Gasteiger partial charge in [-0.15, -0.1) is 0 Å². The van der Waals surface area contributed by atoms with E-state index in [-0.39, 0.29) is 0 Å². The predicted octanol–water partition coefficient (Wildman–Crippen LogP) is 3.57. The van der Waals surface area contributed by atoms with Crippen molar-refractivity contribution in [2.24, 2.45) is 0 Å². The van der Waals surface area contributed by atoms with E-state index in [4.69, 9.17) is 4.74 Å². The third kappa shape index (κ3) is 7.21. The highest BCUT2D eigenvalue weighted by molar-refractivity contribution is 5.37. The lowest BCUT2D eigenvalue weighted by Crippen LogP contribution is -2.45. The number of aliphatic hydroxyl groups is 1. The summed E-state index contributed by atoms with van der Waals surface area (Å²) in [5.74, 6) is 6.79. The van der Waals surface area contributed by atoms with E-state index in [1.165, 1.54) is 24.0 Å². The summed E-state index contributed by atoms with van der Waals surface area (Å²) in [7, 11) is 1.71. The zero-order chi connectivity index (χ0) is 20.7. The lowest BCUT2D eigenvalue weighted by Gasteiger charge is -2.33. The van der Waals surface area contributed by atoms with Crippen molar-refractivity contribution in [3.05, 3.63) is 65.2 Å². The van der Waals surface area contributed by atoms with Crippen LogP contribution in [0.2, 0.25) is 0 Å². The zero-order valence-corrected chi connectivity index (χ0v) is 17.7. The summed E-state index contributed by atoms with van der Waals surface area (Å²) in [4.78, 5) is 2.52. The molecule has 1 heterocycles. The Morgan fingerprint density at radius 2 is 1.97 bits per heavy atom. The number of hydrogen-bond acceptors (Lipinski definition) is 4. The van der Waals surface area contributed by atoms with Crippen LogP contribution in [0.5, 0.6) is 5.75 Å². The van der Waals surface area contributed by atoms with E-state index in [2.05, 4.69) is 52.4 Å². The highest BCUT2D eigenvalue weighted by atomic mass is 16.5. The quantitative estimate of drug-likeness (QED) is 0.738. The Kier molecular flexibility index (Phi) is 7.33. The number of ether oxygens (including phenoxy) is 1. The summed E-state index contributed by atoms with van der Waals surface area (Å²) in [5.41, 5.74) is 2.52. The van der Waals surface area contributed by atoms with Gasteiger partial charge in [0.15, 0.2) is 0 Å². The van der Waals surface area contributed by atoms with Crippen molar-refractivity contribution in [1.29, 1.82) is 0 Å². The average molecular weight is 393 g/mol. The molecule has 1 atom stereocenters. The van der Waals surface area contributed by atoms with Gasteiger partial charge in [0.25, 0.3) is 0 Å². The van der Waals surface area contributed by atoms with Crippen molar-refractivity contribution in [1.82, 2.24) is 10.2 Å². The molecule has 0 saturated carbocycles. The molecule has 1 aliphatic rings. The van der Waals surface area contributed by atoms with E-state index in [1.54, 1.807) is 21.0 Å². The molecule has 0 spiro atoms. The molecule has 3 rings (SSSR count). The monoisotopic (exact) mass is 392 g/mol. The number of rotatable bonds is 6. The van der Waals surface area contributed by atoms with Crippen LogP contribution in [0.1, 0.15) is 43.4 Å². The van der Waals surface area contributed by atoms with Gasteiger partial charge in [-0.2, -0.15) is 0 Å². The molecule has 154 valence electrons. The molecule has 4 nitrogen and oxygen atoms in total. The Bertz CT molecular complexity index is 844. The first-order valence-electron chi connectivity index (χ1n) is 10.3. The number of benzene rings is 2. The fourth-order valence-electron chi connectivity index (χ4n) is 3.59. The van der Waals surface area contributed by atoms with Gasteiger partial charge in [-0.1, -0.05) is 36.1 Å². The van der Waals surface area contributed by atoms with Crippen LogP contribution >= 0.6 is 0 Å². The van der Waals surface area contributed by atoms with Gasteiger partial charge in [0.2, 0.25) is 0 Å². The van der Waals surface area contributed by atoms with Crippen LogP contribution in [0.25, 0.3) is 0 Å². The molecule has 2 N–H and O–H groups in total. The SMILES string of the molecule is COc1cccc(CN2CCC[C@H](NCc3ccc(C#CC(C)(C)O)cc3)C2)c1. The summed E-state index contributed by atoms with van der Waals surface area (Å²) in [6.45, 7) is 7.41. The number of piperidine rings is 1. The third-order valence-corrected chi connectivity index (χ3v) is 5.11. The van der Waals surface area contributed by atoms with Crippen molar-refractivity contribution in [2.75, 3.05) is 20.2 Å². The number of nitrogens with zero attached hydrogens (tertiary/aromatic N) is 1. The molecule has 2 aromatic carbocycles. The fourth-order valence-corrected chi connectivity index (χ4v) is 3.59. The molecule has 0 bridgehead atoms. The van der Waals surface area contributed by atoms with Crippen LogP contribution in [-0.4, -0.2) is 41.8 Å². The van der Waals surface area contributed by atoms with Crippen LogP contribution in [-0.2, 0) is 13.1 Å². The molecule has 0 aliphatic carbocycles. The Morgan fingerprint density at radius 1 is 1.17 bits per heavy atom. The van der Waals surface area contributed by atoms with Crippen molar-refractivity contribution in [2.45, 2.75) is 51.4 Å². The van der Waals surface area contributed by atoms with Crippen LogP contribution < -0.4 is 10.1 Å². The van der Waals surface area contributed by atoms with Crippen LogP contribution in [0.4, 0.5) is 0 Å². The van der Waals surface area contributed by atoms with Gasteiger partial charge in [0, 0.05) is 31.2 Å². The number of likely N-dealkylation sites (tertiary alicyclic amines) is 1. The maximum Gasteiger partial charge on any atom is 0.120 e. The molecule has 1 aliphatic heterocycles. The standard InChI is InChI=1S/C25H32N2O2/c1-25(2,28)14-13-20-9-11-21(12-10-20)17-26-23-7-5-15-27(19-23)18-22-6-4-8-24(16-22)29-3/h4,6,8-12,16,23,26,28H,5,7,15,17-19H2,1-3H3/t23-/m0/s1. The van der Waals surface area contributed by atoms with E-state index in [0.29, 0.717) is 6.04 Å². The zero-order valence-electron chi connectivity index (χ0n) is 17.7. The van der Waals surface area contributed by atoms with Gasteiger partial charge in [0.05, 0.1) is 7.11 Å². The minimum Gasteiger partial charge on any atom is -0.497 e. The van der Waals surface area contributed by atoms with Gasteiger partial charge in [-0.25, -0.2) is 0 Å². The minimum atomic E-state index is -0.960. The third-order valence-electron chi connectivity index (χ3n) is 5.11. The highest BCUT2D eigenvalue weighted by Gasteiger charge is 2.19. The molecule has 4 heteroatoms. The van der Waals surface area contributed by atoms with E-state index < -0.39 is 5.60 Å². The second-order valence-corrected chi connectivity index (χ2v) is 8.31. The maximum atomic E-state index is 9.71. The molecule has 0 aromatic heterocycles. The molecular weight excluding hydrogens is 360 g/mol. The van der Waals surface area contributed by atoms with Gasteiger partial charge < -0.3 is 15.2 Å². The largest absolute Gasteiger partial charge is 0.497 e. The normalized spacial score (nSPS) is 17.4. The first-order chi connectivity index (χ1) is 13.9. The Morgan fingerprint density at radius 3 is 2.69 bits per heavy atom. The first-order valence-corrected chi connectivity index (χ1v) is 10.3. The van der Waals surface area contributed by atoms with Crippen molar-refractivity contribution >= 4 is 0 Å². The minimum absolute atomic E-state index is 0.504. The number of nitrogens with one attached hydrogen (secondary N) is 1. The molecule has 29 heavy (non-hydrogen) atoms. The Labute approximate surface area is 174 Å². The van der Waals surface area contributed by atoms with E-state index in [1.807, 2.05) is 18.2 Å². The molecule has 2 aromatic rings. The Balaban J connectivity index is 1.49. The second kappa shape index (κ2) is 9.93. The van der Waals surface area contributed by atoms with Gasteiger partial charge in [0.1, 0.15) is 11.4 Å². The topological polar surface area (TPSA) is 44.7 Å². The van der Waals surface area contributed by atoms with Gasteiger partial charge in [-0.3, -0.25) is 4.90 Å². The maximum absolute atomic E-state index is 9.71.